The summed E-state index contributed by atoms with van der Waals surface area (Å²) in [7, 11) is 0. The fourth-order valence-electron chi connectivity index (χ4n) is 0.468. The number of rotatable bonds is 5. The van der Waals surface area contributed by atoms with Gasteiger partial charge in [0.1, 0.15) is 5.38 Å². The molecular weight excluding hydrogens is 182 g/mol. The Balaban J connectivity index is 3.31. The smallest absolute Gasteiger partial charge is 0.323 e. The van der Waals surface area contributed by atoms with Gasteiger partial charge in [-0.15, -0.1) is 11.6 Å². The summed E-state index contributed by atoms with van der Waals surface area (Å²) in [6.45, 7) is 2.12. The molecular formula is C6H10ClN3O2. The van der Waals surface area contributed by atoms with Crippen LogP contribution in [0, 0.1) is 0 Å². The van der Waals surface area contributed by atoms with E-state index in [1.807, 2.05) is 0 Å². The van der Waals surface area contributed by atoms with Gasteiger partial charge in [-0.2, -0.15) is 0 Å². The SMILES string of the molecule is CC(Cl)C(=O)OCCCN=[N+]=[N-]. The highest BCUT2D eigenvalue weighted by Crippen LogP contribution is 1.97. The molecule has 0 aliphatic rings. The van der Waals surface area contributed by atoms with Gasteiger partial charge >= 0.3 is 5.97 Å². The second-order valence-corrected chi connectivity index (χ2v) is 2.75. The molecule has 0 aliphatic carbocycles. The Kier molecular flexibility index (Phi) is 6.24. The average Bonchev–Trinajstić information content (AvgIpc) is 2.03. The van der Waals surface area contributed by atoms with Crippen LogP contribution >= 0.6 is 11.6 Å². The first-order valence-electron chi connectivity index (χ1n) is 3.50. The van der Waals surface area contributed by atoms with Crippen LogP contribution in [0.4, 0.5) is 0 Å². The Hall–Kier alpha value is -0.930. The van der Waals surface area contributed by atoms with Gasteiger partial charge in [0.2, 0.25) is 0 Å². The molecule has 0 aromatic heterocycles. The maximum Gasteiger partial charge on any atom is 0.323 e. The molecule has 6 heteroatoms. The van der Waals surface area contributed by atoms with Crippen LogP contribution in [-0.2, 0) is 9.53 Å². The van der Waals surface area contributed by atoms with Gasteiger partial charge in [0.15, 0.2) is 0 Å². The van der Waals surface area contributed by atoms with Crippen molar-refractivity contribution in [1.29, 1.82) is 0 Å². The number of carbonyl (C=O) groups excluding carboxylic acids is 1. The summed E-state index contributed by atoms with van der Waals surface area (Å²) in [4.78, 5) is 13.3. The van der Waals surface area contributed by atoms with Crippen molar-refractivity contribution in [2.45, 2.75) is 18.7 Å². The Morgan fingerprint density at radius 1 is 1.83 bits per heavy atom. The van der Waals surface area contributed by atoms with Crippen molar-refractivity contribution in [3.63, 3.8) is 0 Å². The van der Waals surface area contributed by atoms with Crippen LogP contribution in [0.2, 0.25) is 0 Å². The summed E-state index contributed by atoms with van der Waals surface area (Å²) < 4.78 is 4.70. The van der Waals surface area contributed by atoms with E-state index >= 15 is 0 Å². The van der Waals surface area contributed by atoms with Crippen molar-refractivity contribution in [2.24, 2.45) is 5.11 Å². The molecule has 0 radical (unpaired) electrons. The lowest BCUT2D eigenvalue weighted by atomic mass is 10.4. The first kappa shape index (κ1) is 11.1. The summed E-state index contributed by atoms with van der Waals surface area (Å²) >= 11 is 5.41. The Labute approximate surface area is 75.3 Å². The molecule has 0 saturated heterocycles. The van der Waals surface area contributed by atoms with Gasteiger partial charge in [0.25, 0.3) is 0 Å². The normalized spacial score (nSPS) is 11.5. The van der Waals surface area contributed by atoms with E-state index in [2.05, 4.69) is 10.0 Å². The second kappa shape index (κ2) is 6.76. The number of ether oxygens (including phenoxy) is 1. The third-order valence-electron chi connectivity index (χ3n) is 1.03. The summed E-state index contributed by atoms with van der Waals surface area (Å²) in [5.41, 5.74) is 7.89. The fraction of sp³-hybridized carbons (Fsp3) is 0.833. The van der Waals surface area contributed by atoms with Crippen molar-refractivity contribution < 1.29 is 9.53 Å². The molecule has 0 heterocycles. The Morgan fingerprint density at radius 3 is 3.00 bits per heavy atom. The first-order valence-corrected chi connectivity index (χ1v) is 3.93. The van der Waals surface area contributed by atoms with Crippen LogP contribution in [0.3, 0.4) is 0 Å². The highest BCUT2D eigenvalue weighted by atomic mass is 35.5. The number of azide groups is 1. The van der Waals surface area contributed by atoms with Gasteiger partial charge in [-0.05, 0) is 18.9 Å². The number of esters is 1. The van der Waals surface area contributed by atoms with Crippen LogP contribution in [0.5, 0.6) is 0 Å². The van der Waals surface area contributed by atoms with Gasteiger partial charge in [-0.3, -0.25) is 4.79 Å². The van der Waals surface area contributed by atoms with E-state index in [1.165, 1.54) is 6.92 Å². The van der Waals surface area contributed by atoms with E-state index in [4.69, 9.17) is 21.9 Å². The van der Waals surface area contributed by atoms with E-state index in [-0.39, 0.29) is 6.61 Å². The molecule has 0 spiro atoms. The molecule has 0 aromatic rings. The molecule has 0 aromatic carbocycles. The fourth-order valence-corrected chi connectivity index (χ4v) is 0.531. The third kappa shape index (κ3) is 5.82. The highest BCUT2D eigenvalue weighted by Gasteiger charge is 2.08. The van der Waals surface area contributed by atoms with Crippen LogP contribution in [0.15, 0.2) is 5.11 Å². The quantitative estimate of drug-likeness (QED) is 0.166. The van der Waals surface area contributed by atoms with Crippen LogP contribution < -0.4 is 0 Å². The van der Waals surface area contributed by atoms with Gasteiger partial charge in [0, 0.05) is 11.5 Å². The lowest BCUT2D eigenvalue weighted by Crippen LogP contribution is -2.15. The molecule has 0 N–H and O–H groups in total. The zero-order valence-electron chi connectivity index (χ0n) is 6.73. The number of alkyl halides is 1. The van der Waals surface area contributed by atoms with E-state index in [0.717, 1.165) is 0 Å². The lowest BCUT2D eigenvalue weighted by molar-refractivity contribution is -0.142. The summed E-state index contributed by atoms with van der Waals surface area (Å²) in [6.07, 6.45) is 0.527. The third-order valence-corrected chi connectivity index (χ3v) is 1.21. The van der Waals surface area contributed by atoms with E-state index in [1.54, 1.807) is 0 Å². The van der Waals surface area contributed by atoms with Gasteiger partial charge in [-0.1, -0.05) is 5.11 Å². The maximum absolute atomic E-state index is 10.7. The largest absolute Gasteiger partial charge is 0.465 e. The predicted molar refractivity (Wildman–Crippen MR) is 44.9 cm³/mol. The summed E-state index contributed by atoms with van der Waals surface area (Å²) in [6, 6.07) is 0. The molecule has 68 valence electrons. The molecule has 1 atom stereocenters. The van der Waals surface area contributed by atoms with E-state index in [0.29, 0.717) is 13.0 Å². The minimum atomic E-state index is -0.621. The van der Waals surface area contributed by atoms with Crippen LogP contribution in [0.1, 0.15) is 13.3 Å². The molecule has 0 rings (SSSR count). The Morgan fingerprint density at radius 2 is 2.50 bits per heavy atom. The number of halogens is 1. The van der Waals surface area contributed by atoms with Gasteiger partial charge in [-0.25, -0.2) is 0 Å². The van der Waals surface area contributed by atoms with Crippen molar-refractivity contribution in [1.82, 2.24) is 0 Å². The van der Waals surface area contributed by atoms with Crippen molar-refractivity contribution in [2.75, 3.05) is 13.2 Å². The molecule has 1 unspecified atom stereocenters. The second-order valence-electron chi connectivity index (χ2n) is 2.09. The molecule has 0 aliphatic heterocycles. The van der Waals surface area contributed by atoms with Crippen LogP contribution in [-0.4, -0.2) is 24.5 Å². The van der Waals surface area contributed by atoms with Crippen molar-refractivity contribution in [3.8, 4) is 0 Å². The first-order chi connectivity index (χ1) is 5.68. The molecule has 5 nitrogen and oxygen atoms in total. The summed E-state index contributed by atoms with van der Waals surface area (Å²) in [5, 5.41) is 2.65. The molecule has 0 saturated carbocycles. The van der Waals surface area contributed by atoms with E-state index in [9.17, 15) is 4.79 Å². The predicted octanol–water partition coefficient (Wildman–Crippen LogP) is 1.86. The maximum atomic E-state index is 10.7. The van der Waals surface area contributed by atoms with Crippen molar-refractivity contribution in [3.05, 3.63) is 10.4 Å². The molecule has 12 heavy (non-hydrogen) atoms. The number of hydrogen-bond donors (Lipinski definition) is 0. The van der Waals surface area contributed by atoms with E-state index < -0.39 is 11.3 Å². The topological polar surface area (TPSA) is 75.1 Å². The van der Waals surface area contributed by atoms with Crippen LogP contribution in [0.25, 0.3) is 10.4 Å². The molecule has 0 fully saturated rings. The van der Waals surface area contributed by atoms with Gasteiger partial charge < -0.3 is 4.74 Å². The Bertz CT molecular complexity index is 189. The monoisotopic (exact) mass is 191 g/mol. The minimum absolute atomic E-state index is 0.245. The highest BCUT2D eigenvalue weighted by molar-refractivity contribution is 6.29. The zero-order chi connectivity index (χ0) is 9.40. The molecule has 0 amide bonds. The van der Waals surface area contributed by atoms with Gasteiger partial charge in [0.05, 0.1) is 6.61 Å². The standard InChI is InChI=1S/C6H10ClN3O2/c1-5(7)6(11)12-4-2-3-9-10-8/h5H,2-4H2,1H3. The average molecular weight is 192 g/mol. The van der Waals surface area contributed by atoms with Crippen molar-refractivity contribution >= 4 is 17.6 Å². The number of hydrogen-bond acceptors (Lipinski definition) is 3. The zero-order valence-corrected chi connectivity index (χ0v) is 7.49. The molecule has 0 bridgehead atoms. The lowest BCUT2D eigenvalue weighted by Gasteiger charge is -2.03. The summed E-state index contributed by atoms with van der Waals surface area (Å²) in [5.74, 6) is -0.447. The minimum Gasteiger partial charge on any atom is -0.465 e. The number of nitrogens with zero attached hydrogens (tertiary/aromatic N) is 3. The number of carbonyl (C=O) groups is 1.